The number of carbonyl (C=O) groups excluding carboxylic acids is 2. The van der Waals surface area contributed by atoms with Crippen LogP contribution >= 0.6 is 0 Å². The Morgan fingerprint density at radius 2 is 1.48 bits per heavy atom. The molecule has 0 saturated heterocycles. The molecule has 0 bridgehead atoms. The van der Waals surface area contributed by atoms with Gasteiger partial charge in [0.05, 0.1) is 5.41 Å². The van der Waals surface area contributed by atoms with Crippen molar-refractivity contribution in [1.29, 1.82) is 0 Å². The predicted molar refractivity (Wildman–Crippen MR) is 116 cm³/mol. The van der Waals surface area contributed by atoms with Crippen LogP contribution in [0.3, 0.4) is 0 Å². The second-order valence-electron chi connectivity index (χ2n) is 7.74. The van der Waals surface area contributed by atoms with Gasteiger partial charge in [-0.1, -0.05) is 66.8 Å². The van der Waals surface area contributed by atoms with E-state index < -0.39 is 5.41 Å². The normalized spacial score (nSPS) is 22.4. The molecule has 1 atom stereocenters. The fourth-order valence-electron chi connectivity index (χ4n) is 5.11. The van der Waals surface area contributed by atoms with Crippen molar-refractivity contribution in [1.82, 2.24) is 0 Å². The van der Waals surface area contributed by atoms with Crippen molar-refractivity contribution < 1.29 is 9.59 Å². The van der Waals surface area contributed by atoms with Crippen LogP contribution in [0.1, 0.15) is 32.6 Å². The Bertz CT molecular complexity index is 1320. The second-order valence-corrected chi connectivity index (χ2v) is 7.74. The number of hydrogen-bond donors (Lipinski definition) is 0. The molecule has 1 spiro atoms. The van der Waals surface area contributed by atoms with E-state index in [1.54, 1.807) is 0 Å². The third-order valence-electron chi connectivity index (χ3n) is 6.40. The smallest absolute Gasteiger partial charge is 0.150 e. The molecule has 0 heterocycles. The monoisotopic (exact) mass is 372 g/mol. The lowest BCUT2D eigenvalue weighted by Gasteiger charge is -2.39. The molecule has 0 N–H and O–H groups in total. The Labute approximate surface area is 168 Å². The van der Waals surface area contributed by atoms with Gasteiger partial charge in [0.2, 0.25) is 0 Å². The van der Waals surface area contributed by atoms with E-state index in [0.717, 1.165) is 46.0 Å². The summed E-state index contributed by atoms with van der Waals surface area (Å²) in [6.07, 6.45) is 16.5. The van der Waals surface area contributed by atoms with Gasteiger partial charge in [0, 0.05) is 11.1 Å². The van der Waals surface area contributed by atoms with Crippen molar-refractivity contribution in [3.05, 3.63) is 117 Å². The average Bonchev–Trinajstić information content (AvgIpc) is 3.33. The largest absolute Gasteiger partial charge is 0.298 e. The van der Waals surface area contributed by atoms with Crippen LogP contribution in [0.2, 0.25) is 0 Å². The number of fused-ring (bicyclic) bond motifs is 8. The van der Waals surface area contributed by atoms with Crippen molar-refractivity contribution in [2.75, 3.05) is 0 Å². The van der Waals surface area contributed by atoms with Gasteiger partial charge in [0.15, 0.2) is 0 Å². The highest BCUT2D eigenvalue weighted by Gasteiger charge is 2.47. The van der Waals surface area contributed by atoms with Crippen molar-refractivity contribution >= 4 is 35.9 Å². The van der Waals surface area contributed by atoms with Crippen LogP contribution in [0.4, 0.5) is 0 Å². The fourth-order valence-corrected chi connectivity index (χ4v) is 5.11. The molecule has 4 aliphatic rings. The summed E-state index contributed by atoms with van der Waals surface area (Å²) in [5.74, 6) is 0. The minimum absolute atomic E-state index is 0.616. The number of aldehydes is 2. The molecule has 4 aliphatic carbocycles. The number of carbonyl (C=O) groups is 2. The van der Waals surface area contributed by atoms with Crippen molar-refractivity contribution in [2.24, 2.45) is 5.41 Å². The summed E-state index contributed by atoms with van der Waals surface area (Å²) < 4.78 is 0. The number of rotatable bonds is 2. The number of benzene rings is 2. The van der Waals surface area contributed by atoms with Crippen molar-refractivity contribution in [3.63, 3.8) is 0 Å². The van der Waals surface area contributed by atoms with Crippen LogP contribution in [0.5, 0.6) is 0 Å². The van der Waals surface area contributed by atoms with Crippen LogP contribution in [-0.2, 0) is 4.79 Å². The topological polar surface area (TPSA) is 34.1 Å². The van der Waals surface area contributed by atoms with E-state index in [4.69, 9.17) is 0 Å². The van der Waals surface area contributed by atoms with Gasteiger partial charge in [0.1, 0.15) is 12.6 Å². The Balaban J connectivity index is 1.62. The highest BCUT2D eigenvalue weighted by Crippen LogP contribution is 2.60. The third kappa shape index (κ3) is 1.95. The summed E-state index contributed by atoms with van der Waals surface area (Å²) in [4.78, 5) is 23.5. The zero-order valence-corrected chi connectivity index (χ0v) is 15.6. The molecule has 2 nitrogen and oxygen atoms in total. The maximum atomic E-state index is 12.2. The summed E-state index contributed by atoms with van der Waals surface area (Å²) in [5.41, 5.74) is 9.80. The summed E-state index contributed by atoms with van der Waals surface area (Å²) in [6, 6.07) is 14.1. The molecular formula is C27H16O2. The zero-order valence-electron chi connectivity index (χ0n) is 15.6. The van der Waals surface area contributed by atoms with Crippen LogP contribution in [0.15, 0.2) is 89.6 Å². The molecular weight excluding hydrogens is 356 g/mol. The first-order valence-corrected chi connectivity index (χ1v) is 9.67. The Morgan fingerprint density at radius 3 is 2.31 bits per heavy atom. The van der Waals surface area contributed by atoms with Gasteiger partial charge in [-0.15, -0.1) is 0 Å². The molecule has 2 heteroatoms. The highest BCUT2D eigenvalue weighted by molar-refractivity contribution is 6.08. The fraction of sp³-hybridized carbons (Fsp3) is 0.0370. The van der Waals surface area contributed by atoms with Gasteiger partial charge in [0.25, 0.3) is 0 Å². The number of allylic oxidation sites excluding steroid dienone is 10. The maximum Gasteiger partial charge on any atom is 0.150 e. The molecule has 0 aromatic heterocycles. The van der Waals surface area contributed by atoms with E-state index in [1.807, 2.05) is 36.4 Å². The lowest BCUT2D eigenvalue weighted by atomic mass is 9.61. The lowest BCUT2D eigenvalue weighted by molar-refractivity contribution is -0.105. The molecule has 2 aromatic carbocycles. The van der Waals surface area contributed by atoms with E-state index in [1.165, 1.54) is 16.7 Å². The Hall–Kier alpha value is -3.78. The minimum Gasteiger partial charge on any atom is -0.298 e. The minimum atomic E-state index is -0.616. The molecule has 0 aliphatic heterocycles. The highest BCUT2D eigenvalue weighted by atomic mass is 16.1. The second kappa shape index (κ2) is 5.62. The van der Waals surface area contributed by atoms with E-state index in [2.05, 4.69) is 48.6 Å². The van der Waals surface area contributed by atoms with Gasteiger partial charge in [-0.05, 0) is 62.8 Å². The average molecular weight is 372 g/mol. The third-order valence-corrected chi connectivity index (χ3v) is 6.40. The summed E-state index contributed by atoms with van der Waals surface area (Å²) in [7, 11) is 0. The van der Waals surface area contributed by atoms with Crippen LogP contribution < -0.4 is 0 Å². The molecule has 0 fully saturated rings. The van der Waals surface area contributed by atoms with Gasteiger partial charge in [-0.25, -0.2) is 0 Å². The van der Waals surface area contributed by atoms with E-state index in [0.29, 0.717) is 5.56 Å². The molecule has 6 rings (SSSR count). The summed E-state index contributed by atoms with van der Waals surface area (Å²) in [5, 5.41) is 0. The van der Waals surface area contributed by atoms with Gasteiger partial charge < -0.3 is 0 Å². The van der Waals surface area contributed by atoms with Crippen LogP contribution in [-0.4, -0.2) is 12.6 Å². The standard InChI is InChI=1S/C27H16O2/c28-15-17-7-9-22-19(12-17)14-26-24(22)10-8-20(16-29)27(26)11-3-6-23-21-5-2-1-4-18(21)13-25(23)27/h1-16H. The summed E-state index contributed by atoms with van der Waals surface area (Å²) >= 11 is 0. The molecule has 2 aromatic rings. The van der Waals surface area contributed by atoms with Gasteiger partial charge in [-0.2, -0.15) is 0 Å². The molecule has 29 heavy (non-hydrogen) atoms. The summed E-state index contributed by atoms with van der Waals surface area (Å²) in [6.45, 7) is 0. The first-order chi connectivity index (χ1) is 14.3. The maximum absolute atomic E-state index is 12.2. The van der Waals surface area contributed by atoms with E-state index in [9.17, 15) is 9.59 Å². The van der Waals surface area contributed by atoms with E-state index >= 15 is 0 Å². The van der Waals surface area contributed by atoms with Crippen LogP contribution in [0.25, 0.3) is 23.3 Å². The Kier molecular flexibility index (Phi) is 3.14. The molecule has 0 amide bonds. The molecule has 1 unspecified atom stereocenters. The zero-order chi connectivity index (χ0) is 19.6. The Morgan fingerprint density at radius 1 is 0.724 bits per heavy atom. The lowest BCUT2D eigenvalue weighted by Crippen LogP contribution is -2.30. The molecule has 136 valence electrons. The molecule has 0 radical (unpaired) electrons. The number of hydrogen-bond acceptors (Lipinski definition) is 2. The van der Waals surface area contributed by atoms with Crippen molar-refractivity contribution in [2.45, 2.75) is 0 Å². The SMILES string of the molecule is O=CC1=CC=C2C(=Cc3cc(C=O)ccc32)C12C=CC=C1C2=Cc2ccccc21. The molecule has 0 saturated carbocycles. The predicted octanol–water partition coefficient (Wildman–Crippen LogP) is 5.46. The first-order valence-electron chi connectivity index (χ1n) is 9.67. The van der Waals surface area contributed by atoms with Crippen LogP contribution in [0, 0.1) is 5.41 Å². The van der Waals surface area contributed by atoms with Crippen molar-refractivity contribution in [3.8, 4) is 0 Å². The van der Waals surface area contributed by atoms with E-state index in [-0.39, 0.29) is 0 Å². The quantitative estimate of drug-likeness (QED) is 0.657. The first kappa shape index (κ1) is 16.2. The van der Waals surface area contributed by atoms with Gasteiger partial charge in [-0.3, -0.25) is 9.59 Å². The van der Waals surface area contributed by atoms with Gasteiger partial charge >= 0.3 is 0 Å².